The fourth-order valence-electron chi connectivity index (χ4n) is 1.56. The molecule has 0 spiro atoms. The van der Waals surface area contributed by atoms with Gasteiger partial charge in [0.25, 0.3) is 0 Å². The number of benzene rings is 1. The highest BCUT2D eigenvalue weighted by Gasteiger charge is 2.11. The molecule has 0 unspecified atom stereocenters. The van der Waals surface area contributed by atoms with Crippen molar-refractivity contribution in [1.82, 2.24) is 4.98 Å². The van der Waals surface area contributed by atoms with Gasteiger partial charge in [0.15, 0.2) is 0 Å². The molecule has 3 nitrogen and oxygen atoms in total. The fraction of sp³-hybridized carbons (Fsp3) is 0.143. The quantitative estimate of drug-likeness (QED) is 0.865. The summed E-state index contributed by atoms with van der Waals surface area (Å²) in [5.41, 5.74) is 2.15. The lowest BCUT2D eigenvalue weighted by atomic mass is 10.2. The van der Waals surface area contributed by atoms with E-state index in [1.807, 2.05) is 31.2 Å². The van der Waals surface area contributed by atoms with Crippen molar-refractivity contribution in [2.45, 2.75) is 17.6 Å². The number of carboxylic acid groups (broad SMARTS) is 1. The van der Waals surface area contributed by atoms with E-state index in [1.54, 1.807) is 6.07 Å². The van der Waals surface area contributed by atoms with Crippen LogP contribution in [0.4, 0.5) is 0 Å². The van der Waals surface area contributed by atoms with Crippen LogP contribution >= 0.6 is 23.4 Å². The van der Waals surface area contributed by atoms with Crippen molar-refractivity contribution < 1.29 is 9.90 Å². The van der Waals surface area contributed by atoms with Gasteiger partial charge in [0.2, 0.25) is 0 Å². The third kappa shape index (κ3) is 3.72. The Labute approximate surface area is 120 Å². The van der Waals surface area contributed by atoms with Crippen LogP contribution in [-0.4, -0.2) is 16.1 Å². The second kappa shape index (κ2) is 6.08. The number of hydrogen-bond donors (Lipinski definition) is 1. The van der Waals surface area contributed by atoms with Crippen LogP contribution in [0, 0.1) is 6.92 Å². The molecule has 1 aromatic heterocycles. The first-order chi connectivity index (χ1) is 9.06. The Kier molecular flexibility index (Phi) is 4.45. The molecule has 0 aliphatic carbocycles. The van der Waals surface area contributed by atoms with Gasteiger partial charge in [0, 0.05) is 27.6 Å². The number of pyridine rings is 1. The molecule has 2 rings (SSSR count). The van der Waals surface area contributed by atoms with Gasteiger partial charge in [-0.25, -0.2) is 4.79 Å². The number of rotatable bonds is 4. The molecule has 0 aliphatic heterocycles. The molecule has 5 heteroatoms. The van der Waals surface area contributed by atoms with E-state index >= 15 is 0 Å². The predicted molar refractivity (Wildman–Crippen MR) is 76.9 cm³/mol. The zero-order valence-corrected chi connectivity index (χ0v) is 11.8. The molecular formula is C14H12ClNO2S. The Morgan fingerprint density at radius 3 is 2.68 bits per heavy atom. The Hall–Kier alpha value is -1.52. The van der Waals surface area contributed by atoms with Gasteiger partial charge in [-0.05, 0) is 30.7 Å². The SMILES string of the molecule is Cc1cc(SCc2ccc(Cl)cc2)c(C(=O)O)cn1. The lowest BCUT2D eigenvalue weighted by Gasteiger charge is -2.06. The Morgan fingerprint density at radius 1 is 1.37 bits per heavy atom. The van der Waals surface area contributed by atoms with E-state index in [-0.39, 0.29) is 5.56 Å². The van der Waals surface area contributed by atoms with Gasteiger partial charge in [-0.1, -0.05) is 23.7 Å². The Balaban J connectivity index is 2.16. The third-order valence-corrected chi connectivity index (χ3v) is 3.92. The van der Waals surface area contributed by atoms with Crippen LogP contribution in [0.15, 0.2) is 41.4 Å². The maximum Gasteiger partial charge on any atom is 0.338 e. The summed E-state index contributed by atoms with van der Waals surface area (Å²) in [6.45, 7) is 1.85. The summed E-state index contributed by atoms with van der Waals surface area (Å²) in [5.74, 6) is -0.257. The number of halogens is 1. The van der Waals surface area contributed by atoms with Gasteiger partial charge in [-0.3, -0.25) is 4.98 Å². The minimum Gasteiger partial charge on any atom is -0.478 e. The maximum absolute atomic E-state index is 11.1. The molecule has 0 saturated carbocycles. The molecule has 1 aromatic carbocycles. The number of carboxylic acids is 1. The van der Waals surface area contributed by atoms with Crippen LogP contribution in [0.1, 0.15) is 21.6 Å². The molecule has 0 fully saturated rings. The number of thioether (sulfide) groups is 1. The van der Waals surface area contributed by atoms with Crippen LogP contribution in [0.3, 0.4) is 0 Å². The number of hydrogen-bond acceptors (Lipinski definition) is 3. The zero-order chi connectivity index (χ0) is 13.8. The fourth-order valence-corrected chi connectivity index (χ4v) is 2.75. The summed E-state index contributed by atoms with van der Waals surface area (Å²) < 4.78 is 0. The normalized spacial score (nSPS) is 10.4. The molecule has 0 atom stereocenters. The molecular weight excluding hydrogens is 282 g/mol. The molecule has 2 aromatic rings. The van der Waals surface area contributed by atoms with E-state index in [4.69, 9.17) is 16.7 Å². The van der Waals surface area contributed by atoms with E-state index in [9.17, 15) is 4.79 Å². The maximum atomic E-state index is 11.1. The molecule has 98 valence electrons. The van der Waals surface area contributed by atoms with E-state index in [0.29, 0.717) is 10.8 Å². The minimum atomic E-state index is -0.953. The summed E-state index contributed by atoms with van der Waals surface area (Å²) in [5, 5.41) is 9.81. The smallest absolute Gasteiger partial charge is 0.338 e. The highest BCUT2D eigenvalue weighted by atomic mass is 35.5. The van der Waals surface area contributed by atoms with Crippen molar-refractivity contribution in [2.24, 2.45) is 0 Å². The molecule has 0 amide bonds. The second-order valence-corrected chi connectivity index (χ2v) is 5.50. The summed E-state index contributed by atoms with van der Waals surface area (Å²) >= 11 is 7.31. The standard InChI is InChI=1S/C14H12ClNO2S/c1-9-6-13(12(7-16-9)14(17)18)19-8-10-2-4-11(15)5-3-10/h2-7H,8H2,1H3,(H,17,18). The monoisotopic (exact) mass is 293 g/mol. The molecule has 0 bridgehead atoms. The van der Waals surface area contributed by atoms with Gasteiger partial charge in [-0.2, -0.15) is 0 Å². The number of nitrogens with zero attached hydrogens (tertiary/aromatic N) is 1. The molecule has 19 heavy (non-hydrogen) atoms. The first-order valence-electron chi connectivity index (χ1n) is 5.63. The van der Waals surface area contributed by atoms with Crippen LogP contribution < -0.4 is 0 Å². The van der Waals surface area contributed by atoms with Crippen molar-refractivity contribution in [3.05, 3.63) is 58.4 Å². The molecule has 1 heterocycles. The second-order valence-electron chi connectivity index (χ2n) is 4.04. The zero-order valence-electron chi connectivity index (χ0n) is 10.3. The van der Waals surface area contributed by atoms with Gasteiger partial charge in [0.1, 0.15) is 0 Å². The van der Waals surface area contributed by atoms with Crippen molar-refractivity contribution >= 4 is 29.3 Å². The van der Waals surface area contributed by atoms with Crippen molar-refractivity contribution in [1.29, 1.82) is 0 Å². The van der Waals surface area contributed by atoms with Gasteiger partial charge in [0.05, 0.1) is 5.56 Å². The van der Waals surface area contributed by atoms with Crippen LogP contribution in [0.2, 0.25) is 5.02 Å². The molecule has 0 radical (unpaired) electrons. The van der Waals surface area contributed by atoms with Crippen LogP contribution in [0.25, 0.3) is 0 Å². The highest BCUT2D eigenvalue weighted by molar-refractivity contribution is 7.98. The summed E-state index contributed by atoms with van der Waals surface area (Å²) in [6.07, 6.45) is 1.40. The van der Waals surface area contributed by atoms with Gasteiger partial charge >= 0.3 is 5.97 Å². The summed E-state index contributed by atoms with van der Waals surface area (Å²) in [4.78, 5) is 15.9. The third-order valence-electron chi connectivity index (χ3n) is 2.54. The van der Waals surface area contributed by atoms with E-state index in [2.05, 4.69) is 4.98 Å². The number of aryl methyl sites for hydroxylation is 1. The highest BCUT2D eigenvalue weighted by Crippen LogP contribution is 2.27. The number of aromatic nitrogens is 1. The molecule has 1 N–H and O–H groups in total. The number of carbonyl (C=O) groups is 1. The van der Waals surface area contributed by atoms with Crippen molar-refractivity contribution in [2.75, 3.05) is 0 Å². The first kappa shape index (κ1) is 13.9. The average Bonchev–Trinajstić information content (AvgIpc) is 2.38. The Bertz CT molecular complexity index is 599. The van der Waals surface area contributed by atoms with Crippen molar-refractivity contribution in [3.8, 4) is 0 Å². The van der Waals surface area contributed by atoms with E-state index in [0.717, 1.165) is 16.2 Å². The lowest BCUT2D eigenvalue weighted by molar-refractivity contribution is 0.0692. The summed E-state index contributed by atoms with van der Waals surface area (Å²) in [6, 6.07) is 9.32. The first-order valence-corrected chi connectivity index (χ1v) is 7.00. The topological polar surface area (TPSA) is 50.2 Å². The van der Waals surface area contributed by atoms with Crippen LogP contribution in [-0.2, 0) is 5.75 Å². The van der Waals surface area contributed by atoms with E-state index < -0.39 is 5.97 Å². The number of aromatic carboxylic acids is 1. The Morgan fingerprint density at radius 2 is 2.05 bits per heavy atom. The van der Waals surface area contributed by atoms with Gasteiger partial charge < -0.3 is 5.11 Å². The van der Waals surface area contributed by atoms with E-state index in [1.165, 1.54) is 18.0 Å². The van der Waals surface area contributed by atoms with Crippen molar-refractivity contribution in [3.63, 3.8) is 0 Å². The van der Waals surface area contributed by atoms with Gasteiger partial charge in [-0.15, -0.1) is 11.8 Å². The minimum absolute atomic E-state index is 0.240. The average molecular weight is 294 g/mol. The van der Waals surface area contributed by atoms with Crippen LogP contribution in [0.5, 0.6) is 0 Å². The molecule has 0 saturated heterocycles. The lowest BCUT2D eigenvalue weighted by Crippen LogP contribution is -2.01. The summed E-state index contributed by atoms with van der Waals surface area (Å²) in [7, 11) is 0. The largest absolute Gasteiger partial charge is 0.478 e. The predicted octanol–water partition coefficient (Wildman–Crippen LogP) is 4.03. The molecule has 0 aliphatic rings.